The zero-order valence-electron chi connectivity index (χ0n) is 12.4. The molecule has 3 rings (SSSR count). The molecule has 1 aliphatic rings. The fourth-order valence-corrected chi connectivity index (χ4v) is 3.29. The van der Waals surface area contributed by atoms with E-state index < -0.39 is 0 Å². The maximum atomic E-state index is 4.51. The number of hydrazone groups is 1. The number of benzene rings is 1. The summed E-state index contributed by atoms with van der Waals surface area (Å²) < 4.78 is 0. The first kappa shape index (κ1) is 14.2. The summed E-state index contributed by atoms with van der Waals surface area (Å²) in [5, 5.41) is 6.69. The van der Waals surface area contributed by atoms with Gasteiger partial charge in [0.2, 0.25) is 0 Å². The Bertz CT molecular complexity index is 699. The van der Waals surface area contributed by atoms with E-state index in [-0.39, 0.29) is 0 Å². The zero-order chi connectivity index (χ0) is 14.7. The van der Waals surface area contributed by atoms with Crippen molar-refractivity contribution in [3.8, 4) is 0 Å². The van der Waals surface area contributed by atoms with Crippen LogP contribution in [0.25, 0.3) is 10.9 Å². The van der Waals surface area contributed by atoms with E-state index in [9.17, 15) is 0 Å². The van der Waals surface area contributed by atoms with Gasteiger partial charge < -0.3 is 4.98 Å². The Hall–Kier alpha value is -1.75. The van der Waals surface area contributed by atoms with Gasteiger partial charge >= 0.3 is 0 Å². The topological polar surface area (TPSA) is 52.5 Å². The predicted molar refractivity (Wildman–Crippen MR) is 92.4 cm³/mol. The average Bonchev–Trinajstić information content (AvgIpc) is 2.97. The lowest BCUT2D eigenvalue weighted by Gasteiger charge is -2.14. The molecule has 0 atom stereocenters. The van der Waals surface area contributed by atoms with Gasteiger partial charge in [-0.15, -0.1) is 0 Å². The molecule has 2 heterocycles. The lowest BCUT2D eigenvalue weighted by molar-refractivity contribution is 0.915. The van der Waals surface area contributed by atoms with E-state index in [1.807, 2.05) is 0 Å². The molecule has 0 fully saturated rings. The molecule has 2 aromatic rings. The Kier molecular flexibility index (Phi) is 4.29. The minimum absolute atomic E-state index is 0.854. The Balaban J connectivity index is 1.90. The molecule has 0 aliphatic carbocycles. The molecule has 1 aliphatic heterocycles. The number of thioether (sulfide) groups is 1. The molecule has 4 nitrogen and oxygen atoms in total. The lowest BCUT2D eigenvalue weighted by Crippen LogP contribution is -2.25. The van der Waals surface area contributed by atoms with E-state index >= 15 is 0 Å². The summed E-state index contributed by atoms with van der Waals surface area (Å²) in [7, 11) is 0. The van der Waals surface area contributed by atoms with E-state index in [1.54, 1.807) is 11.8 Å². The van der Waals surface area contributed by atoms with Crippen LogP contribution in [0.3, 0.4) is 0 Å². The predicted octanol–water partition coefficient (Wildman–Crippen LogP) is 3.54. The third kappa shape index (κ3) is 2.83. The molecular formula is C16H20N4S. The number of nitrogens with zero attached hydrogens (tertiary/aromatic N) is 2. The highest BCUT2D eigenvalue weighted by Crippen LogP contribution is 2.25. The molecular weight excluding hydrogens is 280 g/mol. The summed E-state index contributed by atoms with van der Waals surface area (Å²) in [6.07, 6.45) is 4.16. The molecule has 21 heavy (non-hydrogen) atoms. The lowest BCUT2D eigenvalue weighted by atomic mass is 10.1. The average molecular weight is 300 g/mol. The van der Waals surface area contributed by atoms with Crippen molar-refractivity contribution >= 4 is 33.5 Å². The third-order valence-electron chi connectivity index (χ3n) is 3.60. The van der Waals surface area contributed by atoms with Crippen LogP contribution in [-0.4, -0.2) is 28.2 Å². The number of amidine groups is 1. The number of rotatable bonds is 4. The van der Waals surface area contributed by atoms with Crippen molar-refractivity contribution in [3.05, 3.63) is 35.5 Å². The monoisotopic (exact) mass is 300 g/mol. The molecule has 1 aromatic heterocycles. The van der Waals surface area contributed by atoms with Crippen molar-refractivity contribution in [2.75, 3.05) is 12.3 Å². The molecule has 0 saturated heterocycles. The van der Waals surface area contributed by atoms with Gasteiger partial charge in [0.05, 0.1) is 5.71 Å². The summed E-state index contributed by atoms with van der Waals surface area (Å²) >= 11 is 1.72. The number of aryl methyl sites for hydroxylation is 1. The summed E-state index contributed by atoms with van der Waals surface area (Å²) in [5.41, 5.74) is 7.92. The molecule has 110 valence electrons. The van der Waals surface area contributed by atoms with Gasteiger partial charge in [-0.2, -0.15) is 5.10 Å². The highest BCUT2D eigenvalue weighted by atomic mass is 32.2. The smallest absolute Gasteiger partial charge is 0.177 e. The third-order valence-corrected chi connectivity index (χ3v) is 4.52. The van der Waals surface area contributed by atoms with Crippen LogP contribution in [0.15, 0.2) is 34.5 Å². The second-order valence-electron chi connectivity index (χ2n) is 5.04. The van der Waals surface area contributed by atoms with E-state index in [4.69, 9.17) is 0 Å². The molecule has 2 N–H and O–H groups in total. The molecule has 0 radical (unpaired) electrons. The van der Waals surface area contributed by atoms with Crippen molar-refractivity contribution in [2.24, 2.45) is 10.1 Å². The fourth-order valence-electron chi connectivity index (χ4n) is 2.50. The van der Waals surface area contributed by atoms with Gasteiger partial charge in [-0.3, -0.25) is 10.4 Å². The van der Waals surface area contributed by atoms with Gasteiger partial charge in [0.25, 0.3) is 0 Å². The van der Waals surface area contributed by atoms with Crippen LogP contribution in [-0.2, 0) is 6.42 Å². The minimum atomic E-state index is 0.854. The summed E-state index contributed by atoms with van der Waals surface area (Å²) in [6, 6.07) is 6.46. The SMILES string of the molecule is CCCN=C1NN=C(c2c[nH]c3c(CC)cccc23)CS1. The van der Waals surface area contributed by atoms with Crippen molar-refractivity contribution in [1.29, 1.82) is 0 Å². The van der Waals surface area contributed by atoms with Crippen LogP contribution < -0.4 is 5.43 Å². The van der Waals surface area contributed by atoms with Crippen molar-refractivity contribution < 1.29 is 0 Å². The first-order valence-electron chi connectivity index (χ1n) is 7.42. The van der Waals surface area contributed by atoms with Crippen molar-refractivity contribution in [2.45, 2.75) is 26.7 Å². The highest BCUT2D eigenvalue weighted by Gasteiger charge is 2.16. The maximum Gasteiger partial charge on any atom is 0.177 e. The number of aromatic nitrogens is 1. The first-order chi connectivity index (χ1) is 10.3. The zero-order valence-corrected chi connectivity index (χ0v) is 13.3. The minimum Gasteiger partial charge on any atom is -0.360 e. The van der Waals surface area contributed by atoms with Crippen LogP contribution >= 0.6 is 11.8 Å². The van der Waals surface area contributed by atoms with Gasteiger partial charge in [0.1, 0.15) is 0 Å². The second kappa shape index (κ2) is 6.35. The number of fused-ring (bicyclic) bond motifs is 1. The molecule has 0 unspecified atom stereocenters. The fraction of sp³-hybridized carbons (Fsp3) is 0.375. The Morgan fingerprint density at radius 1 is 1.33 bits per heavy atom. The Morgan fingerprint density at radius 3 is 2.95 bits per heavy atom. The largest absolute Gasteiger partial charge is 0.360 e. The van der Waals surface area contributed by atoms with E-state index in [0.29, 0.717) is 0 Å². The number of aromatic amines is 1. The van der Waals surface area contributed by atoms with E-state index in [2.05, 4.69) is 58.7 Å². The maximum absolute atomic E-state index is 4.51. The van der Waals surface area contributed by atoms with E-state index in [0.717, 1.165) is 36.0 Å². The quantitative estimate of drug-likeness (QED) is 0.907. The number of H-pyrrole nitrogens is 1. The number of aliphatic imine (C=N–C) groups is 1. The Morgan fingerprint density at radius 2 is 2.24 bits per heavy atom. The van der Waals surface area contributed by atoms with E-state index in [1.165, 1.54) is 22.0 Å². The van der Waals surface area contributed by atoms with Crippen LogP contribution in [0.2, 0.25) is 0 Å². The number of nitrogens with one attached hydrogen (secondary N) is 2. The molecule has 0 spiro atoms. The Labute approximate surface area is 129 Å². The van der Waals surface area contributed by atoms with Crippen molar-refractivity contribution in [3.63, 3.8) is 0 Å². The number of hydrogen-bond donors (Lipinski definition) is 2. The van der Waals surface area contributed by atoms with Gasteiger partial charge in [-0.05, 0) is 18.4 Å². The van der Waals surface area contributed by atoms with Gasteiger partial charge in [-0.1, -0.05) is 43.8 Å². The first-order valence-corrected chi connectivity index (χ1v) is 8.41. The van der Waals surface area contributed by atoms with Crippen LogP contribution in [0.5, 0.6) is 0 Å². The second-order valence-corrected chi connectivity index (χ2v) is 6.01. The summed E-state index contributed by atoms with van der Waals surface area (Å²) in [6.45, 7) is 5.16. The molecule has 0 bridgehead atoms. The number of hydrogen-bond acceptors (Lipinski definition) is 3. The summed E-state index contributed by atoms with van der Waals surface area (Å²) in [5.74, 6) is 0.860. The summed E-state index contributed by atoms with van der Waals surface area (Å²) in [4.78, 5) is 7.86. The van der Waals surface area contributed by atoms with Gasteiger partial charge in [0, 0.05) is 35.0 Å². The highest BCUT2D eigenvalue weighted by molar-refractivity contribution is 8.14. The van der Waals surface area contributed by atoms with Crippen LogP contribution in [0, 0.1) is 0 Å². The van der Waals surface area contributed by atoms with Crippen LogP contribution in [0.4, 0.5) is 0 Å². The van der Waals surface area contributed by atoms with Gasteiger partial charge in [0.15, 0.2) is 5.17 Å². The number of para-hydroxylation sites is 1. The van der Waals surface area contributed by atoms with Gasteiger partial charge in [-0.25, -0.2) is 0 Å². The molecule has 0 amide bonds. The standard InChI is InChI=1S/C16H20N4S/c1-3-8-17-16-20-19-14(10-21-16)13-9-18-15-11(4-2)6-5-7-12(13)15/h5-7,9,18H,3-4,8,10H2,1-2H3,(H,17,20). The normalized spacial score (nSPS) is 17.0. The molecule has 1 aromatic carbocycles. The van der Waals surface area contributed by atoms with Crippen LogP contribution in [0.1, 0.15) is 31.4 Å². The molecule has 5 heteroatoms. The van der Waals surface area contributed by atoms with Crippen molar-refractivity contribution in [1.82, 2.24) is 10.4 Å². The molecule has 0 saturated carbocycles.